The first-order valence-corrected chi connectivity index (χ1v) is 11.8. The van der Waals surface area contributed by atoms with Gasteiger partial charge in [0.05, 0.1) is 18.2 Å². The zero-order chi connectivity index (χ0) is 27.8. The predicted molar refractivity (Wildman–Crippen MR) is 141 cm³/mol. The lowest BCUT2D eigenvalue weighted by Crippen LogP contribution is -2.47. The van der Waals surface area contributed by atoms with Gasteiger partial charge in [-0.3, -0.25) is 4.79 Å². The number of alkyl carbamates (subject to hydrolysis) is 1. The van der Waals surface area contributed by atoms with Gasteiger partial charge in [-0.25, -0.2) is 15.4 Å². The fourth-order valence-electron chi connectivity index (χ4n) is 3.87. The molecule has 1 aromatic heterocycles. The number of H-pyrrole nitrogens is 1. The van der Waals surface area contributed by atoms with Crippen LogP contribution in [0.5, 0.6) is 11.5 Å². The van der Waals surface area contributed by atoms with E-state index < -0.39 is 34.4 Å². The Morgan fingerprint density at radius 1 is 1.13 bits per heavy atom. The normalized spacial score (nSPS) is 11.7. The molecule has 0 aliphatic carbocycles. The van der Waals surface area contributed by atoms with E-state index in [1.54, 1.807) is 6.20 Å². The van der Waals surface area contributed by atoms with Crippen LogP contribution in [0.2, 0.25) is 0 Å². The molecule has 0 saturated heterocycles. The van der Waals surface area contributed by atoms with Crippen molar-refractivity contribution in [3.05, 3.63) is 94.5 Å². The van der Waals surface area contributed by atoms with E-state index in [0.717, 1.165) is 28.1 Å². The van der Waals surface area contributed by atoms with E-state index in [4.69, 9.17) is 9.47 Å². The third kappa shape index (κ3) is 6.68. The topological polar surface area (TPSA) is 165 Å². The number of hydrogen-bond donors (Lipinski definition) is 5. The molecule has 5 N–H and O–H groups in total. The van der Waals surface area contributed by atoms with Crippen LogP contribution in [-0.4, -0.2) is 51.6 Å². The molecule has 0 fully saturated rings. The molecule has 12 heteroatoms. The predicted octanol–water partition coefficient (Wildman–Crippen LogP) is 3.67. The molecule has 0 saturated carbocycles. The van der Waals surface area contributed by atoms with Crippen LogP contribution in [0.3, 0.4) is 0 Å². The van der Waals surface area contributed by atoms with Gasteiger partial charge in [-0.15, -0.1) is 0 Å². The first kappa shape index (κ1) is 26.7. The zero-order valence-electron chi connectivity index (χ0n) is 20.8. The minimum Gasteiger partial charge on any atom is -0.499 e. The highest BCUT2D eigenvalue weighted by atomic mass is 16.6. The Kier molecular flexibility index (Phi) is 8.36. The number of methoxy groups -OCH3 is 1. The standard InChI is InChI=1S/C27H25N5O7/c1-38-24-12-18(11-23(25(24)33)32(36)37)14-29-31-26(34)22(13-19-15-28-21-10-6-5-9-20(19)21)30-27(35)39-16-17-7-3-2-4-8-17/h2-12,14-15,22,28H,13,16H2,1H3,(H3-,29,30,31,33,34,35,36,37)/p+1. The van der Waals surface area contributed by atoms with Crippen molar-refractivity contribution in [3.63, 3.8) is 0 Å². The van der Waals surface area contributed by atoms with Crippen LogP contribution >= 0.6 is 0 Å². The fraction of sp³-hybridized carbons (Fsp3) is 0.148. The van der Waals surface area contributed by atoms with E-state index in [9.17, 15) is 24.8 Å². The Balaban J connectivity index is 1.50. The molecule has 4 aromatic rings. The maximum Gasteiger partial charge on any atom is 0.408 e. The molecule has 1 atom stereocenters. The van der Waals surface area contributed by atoms with Crippen LogP contribution in [0, 0.1) is 4.91 Å². The molecule has 0 aliphatic heterocycles. The van der Waals surface area contributed by atoms with Crippen LogP contribution in [-0.2, 0) is 22.6 Å². The summed E-state index contributed by atoms with van der Waals surface area (Å²) in [6, 6.07) is 18.1. The van der Waals surface area contributed by atoms with Crippen LogP contribution in [0.1, 0.15) is 16.7 Å². The molecule has 12 nitrogen and oxygen atoms in total. The summed E-state index contributed by atoms with van der Waals surface area (Å²) in [5.74, 6) is -1.28. The van der Waals surface area contributed by atoms with Gasteiger partial charge in [0.25, 0.3) is 10.8 Å². The molecule has 1 unspecified atom stereocenters. The van der Waals surface area contributed by atoms with Crippen molar-refractivity contribution < 1.29 is 34.3 Å². The number of carbonyl (C=O) groups is 2. The van der Waals surface area contributed by atoms with E-state index in [-0.39, 0.29) is 24.3 Å². The van der Waals surface area contributed by atoms with E-state index in [2.05, 4.69) is 20.8 Å². The Labute approximate surface area is 222 Å². The first-order chi connectivity index (χ1) is 18.9. The van der Waals surface area contributed by atoms with Gasteiger partial charge in [0.15, 0.2) is 5.75 Å². The summed E-state index contributed by atoms with van der Waals surface area (Å²) < 4.78 is 10.3. The molecule has 0 aliphatic rings. The second-order valence-corrected chi connectivity index (χ2v) is 8.42. The van der Waals surface area contributed by atoms with Gasteiger partial charge < -0.3 is 24.9 Å². The van der Waals surface area contributed by atoms with Gasteiger partial charge in [0, 0.05) is 35.2 Å². The maximum atomic E-state index is 13.1. The van der Waals surface area contributed by atoms with Crippen LogP contribution < -0.4 is 15.5 Å². The Morgan fingerprint density at radius 3 is 2.62 bits per heavy atom. The van der Waals surface area contributed by atoms with Crippen LogP contribution in [0.25, 0.3) is 10.9 Å². The van der Waals surface area contributed by atoms with Gasteiger partial charge in [-0.1, -0.05) is 48.5 Å². The number of benzene rings is 3. The van der Waals surface area contributed by atoms with E-state index in [1.165, 1.54) is 19.4 Å². The van der Waals surface area contributed by atoms with E-state index in [1.807, 2.05) is 54.6 Å². The van der Waals surface area contributed by atoms with Gasteiger partial charge in [0.1, 0.15) is 12.6 Å². The number of phenolic OH excluding ortho intramolecular Hbond substituents is 1. The molecule has 200 valence electrons. The monoisotopic (exact) mass is 532 g/mol. The SMILES string of the molecule is COc1cc(/C=N/NC(=O)C(Cc2c[nH]c3ccccc23)NC(=O)OCc2ccccc2)cc([N+](=O)O)c1O. The number of carbonyl (C=O) groups excluding carboxylic acids is 2. The Hall–Kier alpha value is -5.39. The quantitative estimate of drug-likeness (QED) is 0.154. The number of para-hydroxylation sites is 1. The van der Waals surface area contributed by atoms with Crippen molar-refractivity contribution >= 4 is 34.8 Å². The molecule has 0 spiro atoms. The molecule has 4 rings (SSSR count). The summed E-state index contributed by atoms with van der Waals surface area (Å²) in [5.41, 5.74) is 4.59. The van der Waals surface area contributed by atoms with E-state index >= 15 is 0 Å². The molecule has 0 radical (unpaired) electrons. The second-order valence-electron chi connectivity index (χ2n) is 8.42. The Morgan fingerprint density at radius 2 is 1.87 bits per heavy atom. The molecule has 1 heterocycles. The summed E-state index contributed by atoms with van der Waals surface area (Å²) in [7, 11) is 1.27. The smallest absolute Gasteiger partial charge is 0.408 e. The Bertz CT molecular complexity index is 1520. The molecule has 39 heavy (non-hydrogen) atoms. The van der Waals surface area contributed by atoms with Crippen LogP contribution in [0.4, 0.5) is 10.5 Å². The number of nitrogens with one attached hydrogen (secondary N) is 3. The molecular weight excluding hydrogens is 506 g/mol. The lowest BCUT2D eigenvalue weighted by Gasteiger charge is -2.17. The first-order valence-electron chi connectivity index (χ1n) is 11.8. The van der Waals surface area contributed by atoms with Crippen molar-refractivity contribution in [3.8, 4) is 11.5 Å². The lowest BCUT2D eigenvalue weighted by atomic mass is 10.0. The average Bonchev–Trinajstić information content (AvgIpc) is 3.35. The van der Waals surface area contributed by atoms with Crippen molar-refractivity contribution in [2.24, 2.45) is 5.10 Å². The summed E-state index contributed by atoms with van der Waals surface area (Å²) in [4.78, 5) is 39.6. The van der Waals surface area contributed by atoms with Gasteiger partial charge >= 0.3 is 11.8 Å². The van der Waals surface area contributed by atoms with E-state index in [0.29, 0.717) is 0 Å². The zero-order valence-corrected chi connectivity index (χ0v) is 20.8. The average molecular weight is 533 g/mol. The summed E-state index contributed by atoms with van der Waals surface area (Å²) in [6.45, 7) is 0.0266. The van der Waals surface area contributed by atoms with Crippen molar-refractivity contribution in [1.29, 1.82) is 0 Å². The van der Waals surface area contributed by atoms with Gasteiger partial charge in [0.2, 0.25) is 5.75 Å². The number of aromatic amines is 1. The number of phenols is 1. The lowest BCUT2D eigenvalue weighted by molar-refractivity contribution is -0.730. The molecule has 0 bridgehead atoms. The number of amides is 2. The number of rotatable bonds is 10. The number of fused-ring (bicyclic) bond motifs is 1. The highest BCUT2D eigenvalue weighted by Crippen LogP contribution is 2.36. The number of aromatic hydroxyl groups is 1. The van der Waals surface area contributed by atoms with Crippen molar-refractivity contribution in [2.75, 3.05) is 7.11 Å². The second kappa shape index (κ2) is 12.2. The minimum atomic E-state index is -1.05. The van der Waals surface area contributed by atoms with Crippen molar-refractivity contribution in [2.45, 2.75) is 19.1 Å². The molecule has 2 amide bonds. The molecular formula is C27H26N5O7+. The number of hydrogen-bond acceptors (Lipinski definition) is 7. The summed E-state index contributed by atoms with van der Waals surface area (Å²) in [5, 5.41) is 26.6. The summed E-state index contributed by atoms with van der Waals surface area (Å²) >= 11 is 0. The third-order valence-electron chi connectivity index (χ3n) is 5.81. The largest absolute Gasteiger partial charge is 0.499 e. The van der Waals surface area contributed by atoms with Gasteiger partial charge in [-0.05, 0) is 23.3 Å². The van der Waals surface area contributed by atoms with Crippen molar-refractivity contribution in [1.82, 2.24) is 15.7 Å². The number of hydrazone groups is 1. The third-order valence-corrected chi connectivity index (χ3v) is 5.81. The highest BCUT2D eigenvalue weighted by molar-refractivity contribution is 5.90. The fourth-order valence-corrected chi connectivity index (χ4v) is 3.87. The van der Waals surface area contributed by atoms with Gasteiger partial charge in [-0.2, -0.15) is 5.10 Å². The summed E-state index contributed by atoms with van der Waals surface area (Å²) in [6.07, 6.45) is 2.30. The number of nitrogens with zero attached hydrogens (tertiary/aromatic N) is 2. The number of aromatic nitrogens is 1. The maximum absolute atomic E-state index is 13.1. The van der Waals surface area contributed by atoms with Crippen LogP contribution in [0.15, 0.2) is 78.0 Å². The number of ether oxygens (including phenoxy) is 2. The highest BCUT2D eigenvalue weighted by Gasteiger charge is 2.25. The minimum absolute atomic E-state index is 0.0266. The molecule has 3 aromatic carbocycles.